The summed E-state index contributed by atoms with van der Waals surface area (Å²) in [4.78, 5) is 0. The molecule has 6 nitrogen and oxygen atoms in total. The van der Waals surface area contributed by atoms with Crippen LogP contribution in [0.1, 0.15) is 17.4 Å². The van der Waals surface area contributed by atoms with Crippen LogP contribution in [0.3, 0.4) is 0 Å². The van der Waals surface area contributed by atoms with Crippen molar-refractivity contribution in [1.29, 1.82) is 0 Å². The summed E-state index contributed by atoms with van der Waals surface area (Å²) in [5.41, 5.74) is 1.13. The number of aliphatic hydroxyl groups is 1. The first kappa shape index (κ1) is 15.7. The van der Waals surface area contributed by atoms with Crippen LogP contribution in [0.25, 0.3) is 0 Å². The maximum absolute atomic E-state index is 10.7. The number of benzene rings is 1. The van der Waals surface area contributed by atoms with Crippen LogP contribution < -0.4 is 14.2 Å². The van der Waals surface area contributed by atoms with Gasteiger partial charge in [-0.25, -0.2) is 0 Å². The van der Waals surface area contributed by atoms with Crippen molar-refractivity contribution in [3.8, 4) is 17.2 Å². The van der Waals surface area contributed by atoms with Crippen molar-refractivity contribution in [2.24, 2.45) is 7.05 Å². The van der Waals surface area contributed by atoms with E-state index in [4.69, 9.17) is 14.2 Å². The van der Waals surface area contributed by atoms with Crippen LogP contribution in [0.2, 0.25) is 0 Å². The molecule has 0 aliphatic carbocycles. The lowest BCUT2D eigenvalue weighted by molar-refractivity contribution is 0.198. The molecular weight excluding hydrogens is 340 g/mol. The molecule has 2 rings (SSSR count). The maximum atomic E-state index is 10.7. The highest BCUT2D eigenvalue weighted by atomic mass is 79.9. The SMILES string of the molecule is COc1cc(OC)c(C(O)c2c(Br)cnn2C)c(OC)c1. The molecule has 2 aromatic rings. The van der Waals surface area contributed by atoms with Crippen LogP contribution in [0.15, 0.2) is 22.8 Å². The van der Waals surface area contributed by atoms with Crippen LogP contribution >= 0.6 is 15.9 Å². The normalized spacial score (nSPS) is 12.1. The Balaban J connectivity index is 2.61. The zero-order valence-electron chi connectivity index (χ0n) is 12.3. The first-order valence-corrected chi connectivity index (χ1v) is 6.98. The molecule has 0 aliphatic heterocycles. The highest BCUT2D eigenvalue weighted by Gasteiger charge is 2.26. The molecule has 1 atom stereocenters. The first-order valence-electron chi connectivity index (χ1n) is 6.18. The average Bonchev–Trinajstić information content (AvgIpc) is 2.84. The highest BCUT2D eigenvalue weighted by molar-refractivity contribution is 9.10. The molecule has 0 bridgehead atoms. The molecule has 0 fully saturated rings. The van der Waals surface area contributed by atoms with Crippen LogP contribution in [-0.4, -0.2) is 36.2 Å². The standard InChI is InChI=1S/C14H17BrN2O4/c1-17-13(9(15)7-16-17)14(18)12-10(20-3)5-8(19-2)6-11(12)21-4/h5-7,14,18H,1-4H3. The van der Waals surface area contributed by atoms with Gasteiger partial charge in [0.2, 0.25) is 0 Å². The Kier molecular flexibility index (Phi) is 4.74. The Bertz CT molecular complexity index is 597. The van der Waals surface area contributed by atoms with Gasteiger partial charge in [-0.05, 0) is 15.9 Å². The number of rotatable bonds is 5. The third-order valence-corrected chi connectivity index (χ3v) is 3.83. The van der Waals surface area contributed by atoms with E-state index in [0.29, 0.717) is 33.0 Å². The molecule has 0 saturated heterocycles. The summed E-state index contributed by atoms with van der Waals surface area (Å²) < 4.78 is 18.2. The summed E-state index contributed by atoms with van der Waals surface area (Å²) in [5.74, 6) is 1.54. The molecule has 0 amide bonds. The molecule has 1 aromatic carbocycles. The second-order valence-electron chi connectivity index (χ2n) is 4.35. The van der Waals surface area contributed by atoms with Gasteiger partial charge in [0.25, 0.3) is 0 Å². The summed E-state index contributed by atoms with van der Waals surface area (Å²) in [5, 5.41) is 14.8. The quantitative estimate of drug-likeness (QED) is 0.890. The summed E-state index contributed by atoms with van der Waals surface area (Å²) in [6, 6.07) is 3.40. The molecule has 0 radical (unpaired) electrons. The van der Waals surface area contributed by atoms with E-state index in [0.717, 1.165) is 0 Å². The molecule has 1 aromatic heterocycles. The molecular formula is C14H17BrN2O4. The van der Waals surface area contributed by atoms with E-state index in [1.807, 2.05) is 0 Å². The minimum Gasteiger partial charge on any atom is -0.496 e. The Hall–Kier alpha value is -1.73. The molecule has 1 heterocycles. The van der Waals surface area contributed by atoms with E-state index in [-0.39, 0.29) is 0 Å². The Morgan fingerprint density at radius 1 is 1.14 bits per heavy atom. The number of hydrogen-bond donors (Lipinski definition) is 1. The van der Waals surface area contributed by atoms with Crippen molar-refractivity contribution in [3.63, 3.8) is 0 Å². The van der Waals surface area contributed by atoms with Gasteiger partial charge in [0.15, 0.2) is 0 Å². The number of aliphatic hydroxyl groups excluding tert-OH is 1. The maximum Gasteiger partial charge on any atom is 0.132 e. The molecule has 0 saturated carbocycles. The van der Waals surface area contributed by atoms with Crippen molar-refractivity contribution < 1.29 is 19.3 Å². The smallest absolute Gasteiger partial charge is 0.132 e. The molecule has 1 unspecified atom stereocenters. The van der Waals surface area contributed by atoms with Crippen molar-refractivity contribution in [2.45, 2.75) is 6.10 Å². The second kappa shape index (κ2) is 6.36. The number of nitrogens with zero attached hydrogens (tertiary/aromatic N) is 2. The fourth-order valence-corrected chi connectivity index (χ4v) is 2.73. The molecule has 0 aliphatic rings. The summed E-state index contributed by atoms with van der Waals surface area (Å²) in [6.45, 7) is 0. The van der Waals surface area contributed by atoms with Crippen molar-refractivity contribution >= 4 is 15.9 Å². The fourth-order valence-electron chi connectivity index (χ4n) is 2.17. The number of halogens is 1. The van der Waals surface area contributed by atoms with E-state index < -0.39 is 6.10 Å². The number of ether oxygens (including phenoxy) is 3. The summed E-state index contributed by atoms with van der Waals surface area (Å²) in [7, 11) is 6.37. The number of methoxy groups -OCH3 is 3. The molecule has 7 heteroatoms. The highest BCUT2D eigenvalue weighted by Crippen LogP contribution is 2.41. The number of aromatic nitrogens is 2. The van der Waals surface area contributed by atoms with E-state index in [9.17, 15) is 5.11 Å². The predicted molar refractivity (Wildman–Crippen MR) is 81.1 cm³/mol. The van der Waals surface area contributed by atoms with Crippen molar-refractivity contribution in [2.75, 3.05) is 21.3 Å². The van der Waals surface area contributed by atoms with Gasteiger partial charge in [0.05, 0.1) is 43.3 Å². The van der Waals surface area contributed by atoms with Crippen LogP contribution in [-0.2, 0) is 7.05 Å². The Morgan fingerprint density at radius 3 is 2.10 bits per heavy atom. The van der Waals surface area contributed by atoms with E-state index in [1.54, 1.807) is 37.2 Å². The van der Waals surface area contributed by atoms with Crippen molar-refractivity contribution in [1.82, 2.24) is 9.78 Å². The minimum absolute atomic E-state index is 0.479. The minimum atomic E-state index is -0.956. The van der Waals surface area contributed by atoms with Gasteiger partial charge < -0.3 is 19.3 Å². The zero-order valence-corrected chi connectivity index (χ0v) is 13.8. The predicted octanol–water partition coefficient (Wildman–Crippen LogP) is 2.29. The summed E-state index contributed by atoms with van der Waals surface area (Å²) >= 11 is 3.39. The number of aryl methyl sites for hydroxylation is 1. The molecule has 114 valence electrons. The van der Waals surface area contributed by atoms with E-state index in [2.05, 4.69) is 21.0 Å². The summed E-state index contributed by atoms with van der Waals surface area (Å²) in [6.07, 6.45) is 0.670. The van der Waals surface area contributed by atoms with E-state index in [1.165, 1.54) is 14.2 Å². The van der Waals surface area contributed by atoms with Crippen LogP contribution in [0, 0.1) is 0 Å². The lowest BCUT2D eigenvalue weighted by Crippen LogP contribution is -2.10. The second-order valence-corrected chi connectivity index (χ2v) is 5.20. The topological polar surface area (TPSA) is 65.7 Å². The largest absolute Gasteiger partial charge is 0.496 e. The molecule has 21 heavy (non-hydrogen) atoms. The lowest BCUT2D eigenvalue weighted by atomic mass is 10.0. The zero-order chi connectivity index (χ0) is 15.6. The van der Waals surface area contributed by atoms with Gasteiger partial charge in [-0.15, -0.1) is 0 Å². The number of hydrogen-bond acceptors (Lipinski definition) is 5. The van der Waals surface area contributed by atoms with Gasteiger partial charge in [-0.2, -0.15) is 5.10 Å². The Morgan fingerprint density at radius 2 is 1.71 bits per heavy atom. The first-order chi connectivity index (χ1) is 10.0. The third kappa shape index (κ3) is 2.84. The van der Waals surface area contributed by atoms with Gasteiger partial charge >= 0.3 is 0 Å². The average molecular weight is 357 g/mol. The van der Waals surface area contributed by atoms with Gasteiger partial charge in [0, 0.05) is 19.2 Å². The Labute approximate surface area is 131 Å². The van der Waals surface area contributed by atoms with Crippen LogP contribution in [0.5, 0.6) is 17.2 Å². The molecule has 0 spiro atoms. The van der Waals surface area contributed by atoms with Gasteiger partial charge in [-0.1, -0.05) is 0 Å². The lowest BCUT2D eigenvalue weighted by Gasteiger charge is -2.19. The van der Waals surface area contributed by atoms with Gasteiger partial charge in [-0.3, -0.25) is 4.68 Å². The van der Waals surface area contributed by atoms with Crippen LogP contribution in [0.4, 0.5) is 0 Å². The van der Waals surface area contributed by atoms with E-state index >= 15 is 0 Å². The third-order valence-electron chi connectivity index (χ3n) is 3.22. The van der Waals surface area contributed by atoms with Crippen molar-refractivity contribution in [3.05, 3.63) is 34.1 Å². The molecule has 1 N–H and O–H groups in total. The fraction of sp³-hybridized carbons (Fsp3) is 0.357. The monoisotopic (exact) mass is 356 g/mol. The van der Waals surface area contributed by atoms with Gasteiger partial charge in [0.1, 0.15) is 23.4 Å².